The number of nitrogens with zero attached hydrogens (tertiary/aromatic N) is 1. The molecule has 168 valence electrons. The second-order valence-electron chi connectivity index (χ2n) is 9.77. The topological polar surface area (TPSA) is 30.9 Å². The average Bonchev–Trinajstić information content (AvgIpc) is 2.68. The van der Waals surface area contributed by atoms with E-state index in [2.05, 4.69) is 64.1 Å². The Bertz CT molecular complexity index is 726. The molecular formula is C25H41NO3Si. The number of benzene rings is 1. The molecule has 1 aromatic rings. The quantitative estimate of drug-likeness (QED) is 0.336. The fraction of sp³-hybridized carbons (Fsp3) is 0.600. The average molecular weight is 432 g/mol. The van der Waals surface area contributed by atoms with E-state index in [0.29, 0.717) is 6.04 Å². The van der Waals surface area contributed by atoms with Crippen LogP contribution in [0.5, 0.6) is 11.5 Å². The Morgan fingerprint density at radius 3 is 2.27 bits per heavy atom. The number of hydrogen-bond donors (Lipinski definition) is 0. The third-order valence-corrected chi connectivity index (χ3v) is 11.3. The Morgan fingerprint density at radius 2 is 1.73 bits per heavy atom. The minimum atomic E-state index is -1.86. The van der Waals surface area contributed by atoms with Crippen molar-refractivity contribution in [1.29, 1.82) is 0 Å². The van der Waals surface area contributed by atoms with Crippen LogP contribution in [0, 0.1) is 0 Å². The van der Waals surface area contributed by atoms with E-state index >= 15 is 0 Å². The lowest BCUT2D eigenvalue weighted by Crippen LogP contribution is -2.51. The van der Waals surface area contributed by atoms with E-state index in [1.165, 1.54) is 5.56 Å². The number of likely N-dealkylation sites (tertiary alicyclic amines) is 1. The number of rotatable bonds is 9. The summed E-state index contributed by atoms with van der Waals surface area (Å²) >= 11 is 0. The Kier molecular flexibility index (Phi) is 8.37. The Morgan fingerprint density at radius 1 is 1.07 bits per heavy atom. The zero-order chi connectivity index (χ0) is 22.5. The van der Waals surface area contributed by atoms with Gasteiger partial charge in [0.15, 0.2) is 19.8 Å². The SMILES string of the molecule is C=CC[C@@H]1C[C@H](O[Si](C)(C)C(C)(C)C)C[C@@H](c2ccc(OC)c(OC)c2)N1CC=C. The van der Waals surface area contributed by atoms with Crippen LogP contribution in [0.3, 0.4) is 0 Å². The van der Waals surface area contributed by atoms with Gasteiger partial charge in [-0.05, 0) is 55.1 Å². The number of hydrogen-bond acceptors (Lipinski definition) is 4. The van der Waals surface area contributed by atoms with Gasteiger partial charge in [0.1, 0.15) is 0 Å². The molecule has 0 aromatic heterocycles. The van der Waals surface area contributed by atoms with Crippen molar-refractivity contribution < 1.29 is 13.9 Å². The maximum absolute atomic E-state index is 6.90. The molecule has 4 nitrogen and oxygen atoms in total. The van der Waals surface area contributed by atoms with Crippen LogP contribution >= 0.6 is 0 Å². The summed E-state index contributed by atoms with van der Waals surface area (Å²) in [7, 11) is 1.50. The molecule has 0 N–H and O–H groups in total. The lowest BCUT2D eigenvalue weighted by molar-refractivity contribution is 0.0130. The van der Waals surface area contributed by atoms with Gasteiger partial charge in [-0.2, -0.15) is 0 Å². The highest BCUT2D eigenvalue weighted by Gasteiger charge is 2.43. The van der Waals surface area contributed by atoms with Crippen LogP contribution in [-0.4, -0.2) is 46.1 Å². The molecule has 1 aliphatic heterocycles. The molecule has 1 fully saturated rings. The zero-order valence-corrected chi connectivity index (χ0v) is 21.0. The van der Waals surface area contributed by atoms with E-state index in [0.717, 1.165) is 37.3 Å². The summed E-state index contributed by atoms with van der Waals surface area (Å²) < 4.78 is 17.9. The van der Waals surface area contributed by atoms with Crippen molar-refractivity contribution in [3.8, 4) is 11.5 Å². The van der Waals surface area contributed by atoms with Gasteiger partial charge in [-0.25, -0.2) is 0 Å². The van der Waals surface area contributed by atoms with Crippen molar-refractivity contribution in [2.75, 3.05) is 20.8 Å². The van der Waals surface area contributed by atoms with Crippen LogP contribution in [0.1, 0.15) is 51.6 Å². The van der Waals surface area contributed by atoms with E-state index < -0.39 is 8.32 Å². The van der Waals surface area contributed by atoms with Gasteiger partial charge in [-0.1, -0.05) is 39.0 Å². The van der Waals surface area contributed by atoms with Crippen molar-refractivity contribution >= 4 is 8.32 Å². The number of ether oxygens (including phenoxy) is 2. The summed E-state index contributed by atoms with van der Waals surface area (Å²) in [5, 5.41) is 0.192. The summed E-state index contributed by atoms with van der Waals surface area (Å²) in [6, 6.07) is 6.88. The molecule has 0 radical (unpaired) electrons. The molecule has 0 amide bonds. The minimum Gasteiger partial charge on any atom is -0.493 e. The molecule has 2 rings (SSSR count). The first kappa shape index (κ1) is 24.7. The highest BCUT2D eigenvalue weighted by atomic mass is 28.4. The number of piperidine rings is 1. The molecule has 0 saturated carbocycles. The smallest absolute Gasteiger partial charge is 0.192 e. The summed E-state index contributed by atoms with van der Waals surface area (Å²) in [4.78, 5) is 2.54. The minimum absolute atomic E-state index is 0.192. The van der Waals surface area contributed by atoms with Crippen molar-refractivity contribution in [2.45, 2.75) is 76.4 Å². The molecule has 0 unspecified atom stereocenters. The van der Waals surface area contributed by atoms with E-state index in [-0.39, 0.29) is 17.2 Å². The maximum atomic E-state index is 6.90. The molecule has 1 saturated heterocycles. The normalized spacial score (nSPS) is 23.1. The molecule has 0 spiro atoms. The monoisotopic (exact) mass is 431 g/mol. The van der Waals surface area contributed by atoms with Crippen molar-refractivity contribution in [2.24, 2.45) is 0 Å². The van der Waals surface area contributed by atoms with Crippen LogP contribution < -0.4 is 9.47 Å². The van der Waals surface area contributed by atoms with Crippen LogP contribution in [0.25, 0.3) is 0 Å². The maximum Gasteiger partial charge on any atom is 0.192 e. The van der Waals surface area contributed by atoms with E-state index in [9.17, 15) is 0 Å². The van der Waals surface area contributed by atoms with Crippen molar-refractivity contribution in [3.05, 3.63) is 49.1 Å². The van der Waals surface area contributed by atoms with Gasteiger partial charge in [0, 0.05) is 24.7 Å². The molecule has 5 heteroatoms. The van der Waals surface area contributed by atoms with Gasteiger partial charge in [0.2, 0.25) is 0 Å². The van der Waals surface area contributed by atoms with Crippen LogP contribution in [0.15, 0.2) is 43.5 Å². The van der Waals surface area contributed by atoms with Gasteiger partial charge < -0.3 is 13.9 Å². The van der Waals surface area contributed by atoms with E-state index in [4.69, 9.17) is 13.9 Å². The summed E-state index contributed by atoms with van der Waals surface area (Å²) in [5.41, 5.74) is 1.23. The highest BCUT2D eigenvalue weighted by molar-refractivity contribution is 6.74. The molecule has 30 heavy (non-hydrogen) atoms. The summed E-state index contributed by atoms with van der Waals surface area (Å²) in [6.45, 7) is 20.5. The fourth-order valence-corrected chi connectivity index (χ4v) is 5.48. The first-order valence-corrected chi connectivity index (χ1v) is 13.9. The third-order valence-electron chi connectivity index (χ3n) is 6.73. The van der Waals surface area contributed by atoms with E-state index in [1.54, 1.807) is 14.2 Å². The second kappa shape index (κ2) is 10.2. The largest absolute Gasteiger partial charge is 0.493 e. The first-order valence-electron chi connectivity index (χ1n) is 10.9. The van der Waals surface area contributed by atoms with Gasteiger partial charge in [0.25, 0.3) is 0 Å². The van der Waals surface area contributed by atoms with Gasteiger partial charge in [-0.3, -0.25) is 4.90 Å². The van der Waals surface area contributed by atoms with E-state index in [1.807, 2.05) is 18.2 Å². The first-order chi connectivity index (χ1) is 14.1. The second-order valence-corrected chi connectivity index (χ2v) is 14.5. The summed E-state index contributed by atoms with van der Waals surface area (Å²) in [6.07, 6.45) is 7.18. The van der Waals surface area contributed by atoms with Gasteiger partial charge >= 0.3 is 0 Å². The molecule has 0 aliphatic carbocycles. The lowest BCUT2D eigenvalue weighted by atomic mass is 9.87. The Balaban J connectivity index is 2.42. The standard InChI is InChI=1S/C25H41NO3Si/c1-10-12-20-17-21(29-30(8,9)25(3,4)5)18-22(26(20)15-11-2)19-13-14-23(27-6)24(16-19)28-7/h10-11,13-14,16,20-22H,1-2,12,15,17-18H2,3-9H3/t20-,21+,22+/m1/s1. The van der Waals surface area contributed by atoms with Crippen LogP contribution in [0.4, 0.5) is 0 Å². The van der Waals surface area contributed by atoms with Crippen LogP contribution in [-0.2, 0) is 4.43 Å². The molecule has 3 atom stereocenters. The molecule has 1 aromatic carbocycles. The third kappa shape index (κ3) is 5.57. The Hall–Kier alpha value is -1.56. The van der Waals surface area contributed by atoms with Gasteiger partial charge in [-0.15, -0.1) is 13.2 Å². The van der Waals surface area contributed by atoms with Crippen molar-refractivity contribution in [3.63, 3.8) is 0 Å². The molecule has 0 bridgehead atoms. The zero-order valence-electron chi connectivity index (χ0n) is 20.0. The molecule has 1 aliphatic rings. The molecular weight excluding hydrogens is 390 g/mol. The number of methoxy groups -OCH3 is 2. The lowest BCUT2D eigenvalue weighted by Gasteiger charge is -2.48. The molecule has 1 heterocycles. The summed E-state index contributed by atoms with van der Waals surface area (Å²) in [5.74, 6) is 1.52. The van der Waals surface area contributed by atoms with Crippen LogP contribution in [0.2, 0.25) is 18.1 Å². The van der Waals surface area contributed by atoms with Gasteiger partial charge in [0.05, 0.1) is 14.2 Å². The van der Waals surface area contributed by atoms with Crippen molar-refractivity contribution in [1.82, 2.24) is 4.90 Å². The highest BCUT2D eigenvalue weighted by Crippen LogP contribution is 2.43. The fourth-order valence-electron chi connectivity index (χ4n) is 4.10. The predicted octanol–water partition coefficient (Wildman–Crippen LogP) is 6.36. The predicted molar refractivity (Wildman–Crippen MR) is 129 cm³/mol. The Labute approximate surface area is 185 Å².